The first kappa shape index (κ1) is 14.1. The van der Waals surface area contributed by atoms with Crippen molar-refractivity contribution in [3.63, 3.8) is 0 Å². The molecular formula is C11H20ClNO2S. The zero-order valence-electron chi connectivity index (χ0n) is 10.2. The standard InChI is InChI=1S/C11H20ClNO2S/c1-11(2)8-13(7-9(6-12)15-11)10(14)4-5-16-3/h9H,4-8H2,1-3H3. The van der Waals surface area contributed by atoms with E-state index in [-0.39, 0.29) is 17.6 Å². The SMILES string of the molecule is CSCCC(=O)N1CC(CCl)OC(C)(C)C1. The molecule has 0 N–H and O–H groups in total. The van der Waals surface area contributed by atoms with Gasteiger partial charge in [-0.25, -0.2) is 0 Å². The van der Waals surface area contributed by atoms with E-state index in [2.05, 4.69) is 0 Å². The van der Waals surface area contributed by atoms with Gasteiger partial charge in [0.05, 0.1) is 17.6 Å². The third-order valence-corrected chi connectivity index (χ3v) is 3.48. The Kier molecular flexibility index (Phi) is 5.41. The van der Waals surface area contributed by atoms with E-state index in [4.69, 9.17) is 16.3 Å². The van der Waals surface area contributed by atoms with Crippen LogP contribution in [0.15, 0.2) is 0 Å². The molecule has 0 radical (unpaired) electrons. The topological polar surface area (TPSA) is 29.5 Å². The van der Waals surface area contributed by atoms with Crippen LogP contribution >= 0.6 is 23.4 Å². The quantitative estimate of drug-likeness (QED) is 0.728. The Morgan fingerprint density at radius 3 is 2.88 bits per heavy atom. The number of carbonyl (C=O) groups is 1. The number of morpholine rings is 1. The highest BCUT2D eigenvalue weighted by Gasteiger charge is 2.34. The Labute approximate surface area is 107 Å². The highest BCUT2D eigenvalue weighted by molar-refractivity contribution is 7.98. The molecule has 0 aliphatic carbocycles. The normalized spacial score (nSPS) is 24.5. The van der Waals surface area contributed by atoms with Crippen molar-refractivity contribution in [2.24, 2.45) is 0 Å². The number of halogens is 1. The Balaban J connectivity index is 2.55. The lowest BCUT2D eigenvalue weighted by atomic mass is 10.1. The minimum absolute atomic E-state index is 0.0383. The number of carbonyl (C=O) groups excluding carboxylic acids is 1. The van der Waals surface area contributed by atoms with E-state index >= 15 is 0 Å². The van der Waals surface area contributed by atoms with E-state index in [1.54, 1.807) is 11.8 Å². The van der Waals surface area contributed by atoms with Gasteiger partial charge in [-0.1, -0.05) is 0 Å². The van der Waals surface area contributed by atoms with Crippen molar-refractivity contribution in [3.05, 3.63) is 0 Å². The largest absolute Gasteiger partial charge is 0.367 e. The summed E-state index contributed by atoms with van der Waals surface area (Å²) in [6.07, 6.45) is 2.58. The number of ether oxygens (including phenoxy) is 1. The molecule has 3 nitrogen and oxygen atoms in total. The molecule has 1 aliphatic rings. The average molecular weight is 266 g/mol. The van der Waals surface area contributed by atoms with Crippen LogP contribution in [0, 0.1) is 0 Å². The van der Waals surface area contributed by atoms with Crippen LogP contribution in [0.4, 0.5) is 0 Å². The lowest BCUT2D eigenvalue weighted by Gasteiger charge is -2.42. The van der Waals surface area contributed by atoms with Gasteiger partial charge < -0.3 is 9.64 Å². The van der Waals surface area contributed by atoms with Crippen LogP contribution < -0.4 is 0 Å². The van der Waals surface area contributed by atoms with Gasteiger partial charge in [-0.2, -0.15) is 11.8 Å². The number of hydrogen-bond donors (Lipinski definition) is 0. The molecule has 1 aliphatic heterocycles. The molecule has 0 saturated carbocycles. The number of hydrogen-bond acceptors (Lipinski definition) is 3. The monoisotopic (exact) mass is 265 g/mol. The van der Waals surface area contributed by atoms with E-state index in [1.165, 1.54) is 0 Å². The second kappa shape index (κ2) is 6.12. The van der Waals surface area contributed by atoms with E-state index < -0.39 is 0 Å². The summed E-state index contributed by atoms with van der Waals surface area (Å²) in [5.41, 5.74) is -0.285. The highest BCUT2D eigenvalue weighted by atomic mass is 35.5. The van der Waals surface area contributed by atoms with Crippen molar-refractivity contribution < 1.29 is 9.53 Å². The Hall–Kier alpha value is 0.0700. The maximum atomic E-state index is 11.9. The van der Waals surface area contributed by atoms with Gasteiger partial charge in [-0.05, 0) is 20.1 Å². The smallest absolute Gasteiger partial charge is 0.223 e. The third kappa shape index (κ3) is 4.15. The molecule has 0 spiro atoms. The van der Waals surface area contributed by atoms with E-state index in [0.29, 0.717) is 25.4 Å². The predicted molar refractivity (Wildman–Crippen MR) is 69.3 cm³/mol. The molecule has 0 bridgehead atoms. The van der Waals surface area contributed by atoms with Gasteiger partial charge in [0, 0.05) is 25.3 Å². The lowest BCUT2D eigenvalue weighted by molar-refractivity contribution is -0.157. The first-order valence-corrected chi connectivity index (χ1v) is 7.42. The van der Waals surface area contributed by atoms with Crippen LogP contribution in [-0.2, 0) is 9.53 Å². The van der Waals surface area contributed by atoms with Gasteiger partial charge in [-0.3, -0.25) is 4.79 Å². The van der Waals surface area contributed by atoms with E-state index in [9.17, 15) is 4.79 Å². The fraction of sp³-hybridized carbons (Fsp3) is 0.909. The number of thioether (sulfide) groups is 1. The summed E-state index contributed by atoms with van der Waals surface area (Å²) >= 11 is 7.51. The van der Waals surface area contributed by atoms with Crippen LogP contribution in [0.2, 0.25) is 0 Å². The number of amides is 1. The predicted octanol–water partition coefficient (Wildman–Crippen LogP) is 1.98. The highest BCUT2D eigenvalue weighted by Crippen LogP contribution is 2.22. The van der Waals surface area contributed by atoms with Crippen molar-refractivity contribution in [2.45, 2.75) is 32.0 Å². The van der Waals surface area contributed by atoms with Gasteiger partial charge >= 0.3 is 0 Å². The number of nitrogens with zero attached hydrogens (tertiary/aromatic N) is 1. The summed E-state index contributed by atoms with van der Waals surface area (Å²) in [5, 5.41) is 0. The van der Waals surface area contributed by atoms with Gasteiger partial charge in [0.15, 0.2) is 0 Å². The molecule has 0 aromatic heterocycles. The Morgan fingerprint density at radius 2 is 2.31 bits per heavy atom. The molecule has 1 saturated heterocycles. The molecule has 1 unspecified atom stereocenters. The molecule has 0 aromatic rings. The average Bonchev–Trinajstić information content (AvgIpc) is 2.23. The third-order valence-electron chi connectivity index (χ3n) is 2.53. The van der Waals surface area contributed by atoms with Crippen LogP contribution in [0.3, 0.4) is 0 Å². The van der Waals surface area contributed by atoms with Crippen molar-refractivity contribution >= 4 is 29.3 Å². The Bertz CT molecular complexity index is 248. The molecule has 1 fully saturated rings. The maximum Gasteiger partial charge on any atom is 0.223 e. The van der Waals surface area contributed by atoms with E-state index in [1.807, 2.05) is 25.0 Å². The first-order valence-electron chi connectivity index (χ1n) is 5.49. The molecular weight excluding hydrogens is 246 g/mol. The zero-order chi connectivity index (χ0) is 12.2. The Morgan fingerprint density at radius 1 is 1.62 bits per heavy atom. The zero-order valence-corrected chi connectivity index (χ0v) is 11.7. The summed E-state index contributed by atoms with van der Waals surface area (Å²) in [5.74, 6) is 1.53. The molecule has 1 rings (SSSR count). The summed E-state index contributed by atoms with van der Waals surface area (Å²) in [4.78, 5) is 13.8. The molecule has 94 valence electrons. The molecule has 0 aromatic carbocycles. The number of rotatable bonds is 4. The fourth-order valence-corrected chi connectivity index (χ4v) is 2.45. The van der Waals surface area contributed by atoms with Gasteiger partial charge in [0.25, 0.3) is 0 Å². The van der Waals surface area contributed by atoms with Gasteiger partial charge in [-0.15, -0.1) is 11.6 Å². The minimum atomic E-state index is -0.285. The molecule has 5 heteroatoms. The summed E-state index contributed by atoms with van der Waals surface area (Å²) in [6, 6.07) is 0. The van der Waals surface area contributed by atoms with Crippen molar-refractivity contribution in [2.75, 3.05) is 31.0 Å². The summed E-state index contributed by atoms with van der Waals surface area (Å²) in [6.45, 7) is 5.29. The van der Waals surface area contributed by atoms with Crippen LogP contribution in [0.25, 0.3) is 0 Å². The second-order valence-electron chi connectivity index (χ2n) is 4.67. The van der Waals surface area contributed by atoms with Crippen molar-refractivity contribution in [3.8, 4) is 0 Å². The van der Waals surface area contributed by atoms with E-state index in [0.717, 1.165) is 5.75 Å². The summed E-state index contributed by atoms with van der Waals surface area (Å²) in [7, 11) is 0. The van der Waals surface area contributed by atoms with Gasteiger partial charge in [0.2, 0.25) is 5.91 Å². The minimum Gasteiger partial charge on any atom is -0.367 e. The molecule has 1 heterocycles. The van der Waals surface area contributed by atoms with Crippen LogP contribution in [0.5, 0.6) is 0 Å². The van der Waals surface area contributed by atoms with Crippen molar-refractivity contribution in [1.29, 1.82) is 0 Å². The molecule has 1 atom stereocenters. The first-order chi connectivity index (χ1) is 7.48. The van der Waals surface area contributed by atoms with Crippen LogP contribution in [-0.4, -0.2) is 53.5 Å². The summed E-state index contributed by atoms with van der Waals surface area (Å²) < 4.78 is 5.78. The maximum absolute atomic E-state index is 11.9. The molecule has 1 amide bonds. The second-order valence-corrected chi connectivity index (χ2v) is 5.97. The van der Waals surface area contributed by atoms with Gasteiger partial charge in [0.1, 0.15) is 0 Å². The van der Waals surface area contributed by atoms with Crippen molar-refractivity contribution in [1.82, 2.24) is 4.90 Å². The lowest BCUT2D eigenvalue weighted by Crippen LogP contribution is -2.55. The number of alkyl halides is 1. The fourth-order valence-electron chi connectivity index (χ4n) is 1.91. The van der Waals surface area contributed by atoms with Crippen LogP contribution in [0.1, 0.15) is 20.3 Å². The molecule has 16 heavy (non-hydrogen) atoms.